The minimum atomic E-state index is -4.11. The summed E-state index contributed by atoms with van der Waals surface area (Å²) in [6.07, 6.45) is -2.63. The third kappa shape index (κ3) is 4.74. The number of hydrogen-bond donors (Lipinski definition) is 1. The largest absolute Gasteiger partial charge is 0.391 e. The molecule has 1 saturated carbocycles. The minimum Gasteiger partial charge on any atom is -0.356 e. The average Bonchev–Trinajstić information content (AvgIpc) is 2.28. The molecule has 0 aromatic rings. The van der Waals surface area contributed by atoms with Crippen LogP contribution in [0.5, 0.6) is 0 Å². The van der Waals surface area contributed by atoms with E-state index in [2.05, 4.69) is 5.32 Å². The lowest BCUT2D eigenvalue weighted by Gasteiger charge is -2.29. The van der Waals surface area contributed by atoms with Crippen LogP contribution < -0.4 is 5.32 Å². The molecule has 1 N–H and O–H groups in total. The van der Waals surface area contributed by atoms with Crippen molar-refractivity contribution in [2.24, 2.45) is 11.8 Å². The van der Waals surface area contributed by atoms with Gasteiger partial charge in [-0.25, -0.2) is 0 Å². The summed E-state index contributed by atoms with van der Waals surface area (Å²) >= 11 is 5.46. The van der Waals surface area contributed by atoms with Crippen LogP contribution in [0.2, 0.25) is 0 Å². The highest BCUT2D eigenvalue weighted by Gasteiger charge is 2.42. The average molecular weight is 272 g/mol. The third-order valence-corrected chi connectivity index (χ3v) is 3.44. The van der Waals surface area contributed by atoms with E-state index >= 15 is 0 Å². The molecular weight excluding hydrogens is 255 g/mol. The topological polar surface area (TPSA) is 29.1 Å². The number of carbonyl (C=O) groups is 1. The van der Waals surface area contributed by atoms with Gasteiger partial charge in [0, 0.05) is 18.3 Å². The van der Waals surface area contributed by atoms with E-state index in [4.69, 9.17) is 11.6 Å². The summed E-state index contributed by atoms with van der Waals surface area (Å²) in [6, 6.07) is 0. The van der Waals surface area contributed by atoms with E-state index in [9.17, 15) is 18.0 Å². The Morgan fingerprint density at radius 1 is 1.24 bits per heavy atom. The van der Waals surface area contributed by atoms with Gasteiger partial charge in [-0.05, 0) is 32.1 Å². The monoisotopic (exact) mass is 271 g/mol. The number of nitrogens with one attached hydrogen (secondary N) is 1. The molecule has 0 spiro atoms. The molecular formula is C11H17ClF3NO. The summed E-state index contributed by atoms with van der Waals surface area (Å²) in [6.45, 7) is 0.502. The molecule has 0 aliphatic heterocycles. The Kier molecular flexibility index (Phi) is 5.56. The van der Waals surface area contributed by atoms with Crippen LogP contribution in [0.15, 0.2) is 0 Å². The zero-order chi connectivity index (χ0) is 12.9. The molecule has 1 fully saturated rings. The van der Waals surface area contributed by atoms with Gasteiger partial charge in [-0.3, -0.25) is 4.79 Å². The molecule has 0 aromatic heterocycles. The Bertz CT molecular complexity index is 250. The van der Waals surface area contributed by atoms with Gasteiger partial charge in [0.25, 0.3) is 0 Å². The number of halogens is 4. The molecule has 1 aliphatic carbocycles. The lowest BCUT2D eigenvalue weighted by atomic mass is 9.81. The van der Waals surface area contributed by atoms with Crippen molar-refractivity contribution >= 4 is 17.5 Å². The minimum absolute atomic E-state index is 0.0666. The predicted molar refractivity (Wildman–Crippen MR) is 59.8 cm³/mol. The van der Waals surface area contributed by atoms with Crippen LogP contribution in [0, 0.1) is 11.8 Å². The summed E-state index contributed by atoms with van der Waals surface area (Å²) in [5, 5.41) is 2.70. The SMILES string of the molecule is O=C(NCCCCl)C1CCC(C(F)(F)F)CC1. The zero-order valence-corrected chi connectivity index (χ0v) is 10.3. The van der Waals surface area contributed by atoms with Gasteiger partial charge in [0.15, 0.2) is 0 Å². The van der Waals surface area contributed by atoms with Crippen molar-refractivity contribution in [3.8, 4) is 0 Å². The molecule has 17 heavy (non-hydrogen) atoms. The van der Waals surface area contributed by atoms with Crippen molar-refractivity contribution in [2.45, 2.75) is 38.3 Å². The maximum Gasteiger partial charge on any atom is 0.391 e. The smallest absolute Gasteiger partial charge is 0.356 e. The first kappa shape index (κ1) is 14.6. The first-order valence-electron chi connectivity index (χ1n) is 5.85. The molecule has 0 heterocycles. The van der Waals surface area contributed by atoms with Gasteiger partial charge < -0.3 is 5.32 Å². The molecule has 0 aromatic carbocycles. The number of alkyl halides is 4. The Balaban J connectivity index is 2.29. The van der Waals surface area contributed by atoms with Crippen molar-refractivity contribution in [3.63, 3.8) is 0 Å². The predicted octanol–water partition coefficient (Wildman–Crippen LogP) is 3.10. The molecule has 0 saturated heterocycles. The first-order chi connectivity index (χ1) is 7.95. The molecule has 1 rings (SSSR count). The van der Waals surface area contributed by atoms with Crippen molar-refractivity contribution in [1.82, 2.24) is 5.32 Å². The van der Waals surface area contributed by atoms with Gasteiger partial charge in [0.1, 0.15) is 0 Å². The van der Waals surface area contributed by atoms with Crippen LogP contribution >= 0.6 is 11.6 Å². The highest BCUT2D eigenvalue weighted by atomic mass is 35.5. The van der Waals surface area contributed by atoms with Gasteiger partial charge in [0.2, 0.25) is 5.91 Å². The second-order valence-electron chi connectivity index (χ2n) is 4.42. The van der Waals surface area contributed by atoms with Crippen LogP contribution in [0.4, 0.5) is 13.2 Å². The van der Waals surface area contributed by atoms with Gasteiger partial charge in [-0.15, -0.1) is 11.6 Å². The van der Waals surface area contributed by atoms with E-state index in [1.165, 1.54) is 0 Å². The summed E-state index contributed by atoms with van der Waals surface area (Å²) in [5.41, 5.74) is 0. The van der Waals surface area contributed by atoms with E-state index in [0.29, 0.717) is 31.7 Å². The van der Waals surface area contributed by atoms with E-state index in [-0.39, 0.29) is 24.7 Å². The van der Waals surface area contributed by atoms with E-state index in [0.717, 1.165) is 0 Å². The van der Waals surface area contributed by atoms with Crippen LogP contribution in [0.25, 0.3) is 0 Å². The quantitative estimate of drug-likeness (QED) is 0.618. The van der Waals surface area contributed by atoms with Crippen LogP contribution in [0.3, 0.4) is 0 Å². The third-order valence-electron chi connectivity index (χ3n) is 3.17. The lowest BCUT2D eigenvalue weighted by Crippen LogP contribution is -2.36. The van der Waals surface area contributed by atoms with Crippen molar-refractivity contribution in [2.75, 3.05) is 12.4 Å². The number of hydrogen-bond acceptors (Lipinski definition) is 1. The molecule has 0 atom stereocenters. The van der Waals surface area contributed by atoms with Gasteiger partial charge in [0.05, 0.1) is 5.92 Å². The van der Waals surface area contributed by atoms with E-state index < -0.39 is 12.1 Å². The van der Waals surface area contributed by atoms with Gasteiger partial charge in [-0.1, -0.05) is 0 Å². The molecule has 0 bridgehead atoms. The molecule has 100 valence electrons. The fourth-order valence-electron chi connectivity index (χ4n) is 2.11. The molecule has 6 heteroatoms. The summed E-state index contributed by atoms with van der Waals surface area (Å²) < 4.78 is 37.2. The number of amides is 1. The Morgan fingerprint density at radius 2 is 1.82 bits per heavy atom. The zero-order valence-electron chi connectivity index (χ0n) is 9.52. The number of rotatable bonds is 4. The highest BCUT2D eigenvalue weighted by molar-refractivity contribution is 6.17. The second-order valence-corrected chi connectivity index (χ2v) is 4.80. The standard InChI is InChI=1S/C11H17ClF3NO/c12-6-1-7-16-10(17)8-2-4-9(5-3-8)11(13,14)15/h8-9H,1-7H2,(H,16,17). The molecule has 2 nitrogen and oxygen atoms in total. The number of carbonyl (C=O) groups excluding carboxylic acids is 1. The molecule has 0 unspecified atom stereocenters. The summed E-state index contributed by atoms with van der Waals surface area (Å²) in [5.74, 6) is -1.14. The first-order valence-corrected chi connectivity index (χ1v) is 6.39. The van der Waals surface area contributed by atoms with Crippen LogP contribution in [-0.4, -0.2) is 24.5 Å². The van der Waals surface area contributed by atoms with Crippen LogP contribution in [-0.2, 0) is 4.79 Å². The normalized spacial score (nSPS) is 25.6. The maximum absolute atomic E-state index is 12.4. The molecule has 0 radical (unpaired) electrons. The van der Waals surface area contributed by atoms with E-state index in [1.54, 1.807) is 0 Å². The summed E-state index contributed by atoms with van der Waals surface area (Å²) in [4.78, 5) is 11.6. The molecule has 1 aliphatic rings. The highest BCUT2D eigenvalue weighted by Crippen LogP contribution is 2.39. The Hall–Kier alpha value is -0.450. The maximum atomic E-state index is 12.4. The molecule has 1 amide bonds. The van der Waals surface area contributed by atoms with E-state index in [1.807, 2.05) is 0 Å². The van der Waals surface area contributed by atoms with Gasteiger partial charge >= 0.3 is 6.18 Å². The van der Waals surface area contributed by atoms with Gasteiger partial charge in [-0.2, -0.15) is 13.2 Å². The second kappa shape index (κ2) is 6.47. The lowest BCUT2D eigenvalue weighted by molar-refractivity contribution is -0.184. The Morgan fingerprint density at radius 3 is 2.29 bits per heavy atom. The van der Waals surface area contributed by atoms with Crippen molar-refractivity contribution in [1.29, 1.82) is 0 Å². The van der Waals surface area contributed by atoms with Crippen LogP contribution in [0.1, 0.15) is 32.1 Å². The van der Waals surface area contributed by atoms with Crippen molar-refractivity contribution < 1.29 is 18.0 Å². The Labute approximate surface area is 104 Å². The fraction of sp³-hybridized carbons (Fsp3) is 0.909. The van der Waals surface area contributed by atoms with Crippen molar-refractivity contribution in [3.05, 3.63) is 0 Å². The fourth-order valence-corrected chi connectivity index (χ4v) is 2.24. The summed E-state index contributed by atoms with van der Waals surface area (Å²) in [7, 11) is 0.